The number of aldehydes is 1. The van der Waals surface area contributed by atoms with E-state index in [0.29, 0.717) is 0 Å². The van der Waals surface area contributed by atoms with Crippen molar-refractivity contribution in [3.05, 3.63) is 0 Å². The molecule has 0 aromatic heterocycles. The molecule has 0 saturated carbocycles. The zero-order valence-corrected chi connectivity index (χ0v) is 10.3. The van der Waals surface area contributed by atoms with Crippen molar-refractivity contribution < 1.29 is 9.53 Å². The molecule has 1 fully saturated rings. The maximum absolute atomic E-state index is 10.1. The fourth-order valence-electron chi connectivity index (χ4n) is 2.09. The van der Waals surface area contributed by atoms with Crippen LogP contribution >= 0.6 is 0 Å². The first-order valence-electron chi connectivity index (χ1n) is 6.67. The second-order valence-electron chi connectivity index (χ2n) is 4.53. The van der Waals surface area contributed by atoms with Gasteiger partial charge in [-0.05, 0) is 19.4 Å². The Hall–Kier alpha value is -0.410. The van der Waals surface area contributed by atoms with Gasteiger partial charge in [0, 0.05) is 19.5 Å². The van der Waals surface area contributed by atoms with Gasteiger partial charge >= 0.3 is 0 Å². The fraction of sp³-hybridized carbons (Fsp3) is 0.923. The average Bonchev–Trinajstić information content (AvgIpc) is 2.34. The fourth-order valence-corrected chi connectivity index (χ4v) is 2.09. The van der Waals surface area contributed by atoms with Crippen molar-refractivity contribution >= 4 is 6.29 Å². The zero-order valence-electron chi connectivity index (χ0n) is 10.3. The van der Waals surface area contributed by atoms with E-state index in [0.717, 1.165) is 45.4 Å². The lowest BCUT2D eigenvalue weighted by Gasteiger charge is -2.26. The summed E-state index contributed by atoms with van der Waals surface area (Å²) in [5.41, 5.74) is 0. The lowest BCUT2D eigenvalue weighted by atomic mass is 10.1. The quantitative estimate of drug-likeness (QED) is 0.447. The maximum atomic E-state index is 10.1. The third-order valence-corrected chi connectivity index (χ3v) is 3.15. The summed E-state index contributed by atoms with van der Waals surface area (Å²) in [4.78, 5) is 12.6. The van der Waals surface area contributed by atoms with Crippen molar-refractivity contribution in [1.29, 1.82) is 0 Å². The molecule has 0 radical (unpaired) electrons. The van der Waals surface area contributed by atoms with Crippen LogP contribution in [0.1, 0.15) is 44.9 Å². The first kappa shape index (κ1) is 13.7. The van der Waals surface area contributed by atoms with E-state index in [-0.39, 0.29) is 0 Å². The van der Waals surface area contributed by atoms with E-state index in [2.05, 4.69) is 4.90 Å². The molecular formula is C13H25NO2. The number of morpholine rings is 1. The van der Waals surface area contributed by atoms with Gasteiger partial charge in [0.1, 0.15) is 6.29 Å². The van der Waals surface area contributed by atoms with Gasteiger partial charge in [-0.2, -0.15) is 0 Å². The minimum Gasteiger partial charge on any atom is -0.379 e. The number of ether oxygens (including phenoxy) is 1. The Morgan fingerprint density at radius 3 is 2.25 bits per heavy atom. The molecule has 0 aliphatic carbocycles. The molecule has 0 amide bonds. The van der Waals surface area contributed by atoms with Crippen LogP contribution in [0.4, 0.5) is 0 Å². The maximum Gasteiger partial charge on any atom is 0.119 e. The molecule has 0 N–H and O–H groups in total. The second kappa shape index (κ2) is 9.79. The molecule has 0 unspecified atom stereocenters. The van der Waals surface area contributed by atoms with Gasteiger partial charge in [0.2, 0.25) is 0 Å². The average molecular weight is 227 g/mol. The van der Waals surface area contributed by atoms with Crippen LogP contribution in [0.3, 0.4) is 0 Å². The highest BCUT2D eigenvalue weighted by Gasteiger charge is 2.08. The number of rotatable bonds is 9. The Morgan fingerprint density at radius 2 is 1.56 bits per heavy atom. The van der Waals surface area contributed by atoms with Gasteiger partial charge in [0.05, 0.1) is 13.2 Å². The summed E-state index contributed by atoms with van der Waals surface area (Å²) < 4.78 is 5.31. The molecule has 0 aromatic carbocycles. The van der Waals surface area contributed by atoms with E-state index < -0.39 is 0 Å². The van der Waals surface area contributed by atoms with Crippen LogP contribution in [-0.4, -0.2) is 44.0 Å². The van der Waals surface area contributed by atoms with Gasteiger partial charge in [0.25, 0.3) is 0 Å². The molecule has 0 aromatic rings. The Kier molecular flexibility index (Phi) is 8.35. The van der Waals surface area contributed by atoms with Gasteiger partial charge in [-0.25, -0.2) is 0 Å². The molecule has 94 valence electrons. The van der Waals surface area contributed by atoms with E-state index in [4.69, 9.17) is 4.74 Å². The summed E-state index contributed by atoms with van der Waals surface area (Å²) >= 11 is 0. The van der Waals surface area contributed by atoms with Gasteiger partial charge in [0.15, 0.2) is 0 Å². The van der Waals surface area contributed by atoms with Gasteiger partial charge < -0.3 is 9.53 Å². The van der Waals surface area contributed by atoms with Crippen molar-refractivity contribution in [2.24, 2.45) is 0 Å². The van der Waals surface area contributed by atoms with Gasteiger partial charge in [-0.1, -0.05) is 25.7 Å². The molecule has 1 aliphatic rings. The van der Waals surface area contributed by atoms with Crippen LogP contribution in [0.25, 0.3) is 0 Å². The largest absolute Gasteiger partial charge is 0.379 e. The first-order valence-corrected chi connectivity index (χ1v) is 6.67. The highest BCUT2D eigenvalue weighted by molar-refractivity contribution is 5.48. The Labute approximate surface area is 99.1 Å². The van der Waals surface area contributed by atoms with Gasteiger partial charge in [-0.15, -0.1) is 0 Å². The molecule has 1 aliphatic heterocycles. The zero-order chi connectivity index (χ0) is 11.5. The number of carbonyl (C=O) groups excluding carboxylic acids is 1. The van der Waals surface area contributed by atoms with Crippen LogP contribution in [-0.2, 0) is 9.53 Å². The topological polar surface area (TPSA) is 29.5 Å². The predicted octanol–water partition coefficient (Wildman–Crippen LogP) is 2.25. The lowest BCUT2D eigenvalue weighted by molar-refractivity contribution is -0.107. The molecule has 1 rings (SSSR count). The van der Waals surface area contributed by atoms with Crippen molar-refractivity contribution in [3.8, 4) is 0 Å². The van der Waals surface area contributed by atoms with Crippen molar-refractivity contribution in [2.45, 2.75) is 44.9 Å². The molecule has 3 nitrogen and oxygen atoms in total. The van der Waals surface area contributed by atoms with Crippen molar-refractivity contribution in [1.82, 2.24) is 4.90 Å². The second-order valence-corrected chi connectivity index (χ2v) is 4.53. The van der Waals surface area contributed by atoms with Gasteiger partial charge in [-0.3, -0.25) is 4.90 Å². The molecular weight excluding hydrogens is 202 g/mol. The van der Waals surface area contributed by atoms with E-state index in [1.54, 1.807) is 0 Å². The Bertz CT molecular complexity index is 167. The molecule has 0 atom stereocenters. The monoisotopic (exact) mass is 227 g/mol. The van der Waals surface area contributed by atoms with E-state index in [9.17, 15) is 4.79 Å². The van der Waals surface area contributed by atoms with E-state index in [1.807, 2.05) is 0 Å². The molecule has 1 heterocycles. The summed E-state index contributed by atoms with van der Waals surface area (Å²) in [6.07, 6.45) is 9.32. The third-order valence-electron chi connectivity index (χ3n) is 3.15. The van der Waals surface area contributed by atoms with Crippen LogP contribution in [0, 0.1) is 0 Å². The van der Waals surface area contributed by atoms with Crippen LogP contribution in [0.5, 0.6) is 0 Å². The number of carbonyl (C=O) groups is 1. The van der Waals surface area contributed by atoms with Crippen molar-refractivity contribution in [2.75, 3.05) is 32.8 Å². The summed E-state index contributed by atoms with van der Waals surface area (Å²) in [6.45, 7) is 5.27. The van der Waals surface area contributed by atoms with Crippen LogP contribution in [0.15, 0.2) is 0 Å². The summed E-state index contributed by atoms with van der Waals surface area (Å²) in [7, 11) is 0. The molecule has 16 heavy (non-hydrogen) atoms. The highest BCUT2D eigenvalue weighted by atomic mass is 16.5. The minimum absolute atomic E-state index is 0.744. The first-order chi connectivity index (χ1) is 7.93. The molecule has 3 heteroatoms. The van der Waals surface area contributed by atoms with E-state index in [1.165, 1.54) is 38.6 Å². The number of hydrogen-bond acceptors (Lipinski definition) is 3. The minimum atomic E-state index is 0.744. The molecule has 0 spiro atoms. The normalized spacial score (nSPS) is 17.5. The highest BCUT2D eigenvalue weighted by Crippen LogP contribution is 2.07. The summed E-state index contributed by atoms with van der Waals surface area (Å²) in [5, 5.41) is 0. The standard InChI is InChI=1S/C13H25NO2/c15-11-7-5-3-1-2-4-6-8-14-9-12-16-13-10-14/h11H,1-10,12-13H2. The molecule has 0 bridgehead atoms. The summed E-state index contributed by atoms with van der Waals surface area (Å²) in [5.74, 6) is 0. The summed E-state index contributed by atoms with van der Waals surface area (Å²) in [6, 6.07) is 0. The molecule has 1 saturated heterocycles. The van der Waals surface area contributed by atoms with E-state index >= 15 is 0 Å². The Balaban J connectivity index is 1.78. The van der Waals surface area contributed by atoms with Crippen molar-refractivity contribution in [3.63, 3.8) is 0 Å². The SMILES string of the molecule is O=CCCCCCCCCN1CCOCC1. The lowest BCUT2D eigenvalue weighted by Crippen LogP contribution is -2.36. The smallest absolute Gasteiger partial charge is 0.119 e. The number of hydrogen-bond donors (Lipinski definition) is 0. The third kappa shape index (κ3) is 6.96. The Morgan fingerprint density at radius 1 is 0.938 bits per heavy atom. The van der Waals surface area contributed by atoms with Crippen LogP contribution < -0.4 is 0 Å². The number of nitrogens with zero attached hydrogens (tertiary/aromatic N) is 1. The van der Waals surface area contributed by atoms with Crippen LogP contribution in [0.2, 0.25) is 0 Å². The predicted molar refractivity (Wildman–Crippen MR) is 65.6 cm³/mol. The number of unbranched alkanes of at least 4 members (excludes halogenated alkanes) is 6.